The Kier molecular flexibility index (Phi) is 4.79. The highest BCUT2D eigenvalue weighted by molar-refractivity contribution is 5.98. The second-order valence-electron chi connectivity index (χ2n) is 5.98. The fraction of sp³-hybridized carbons (Fsp3) is 0.316. The molecule has 0 spiro atoms. The Morgan fingerprint density at radius 1 is 1.10 bits per heavy atom. The second kappa shape index (κ2) is 6.57. The molecule has 2 heteroatoms. The Labute approximate surface area is 127 Å². The van der Waals surface area contributed by atoms with Gasteiger partial charge in [0.2, 0.25) is 5.91 Å². The molecule has 2 atom stereocenters. The fourth-order valence-corrected chi connectivity index (χ4v) is 2.79. The maximum Gasteiger partial charge on any atom is 0.235 e. The Balaban J connectivity index is 2.30. The number of nitrogens with zero attached hydrogens (tertiary/aromatic N) is 1. The summed E-state index contributed by atoms with van der Waals surface area (Å²) in [6.07, 6.45) is 5.62. The van der Waals surface area contributed by atoms with E-state index in [1.54, 1.807) is 4.90 Å². The van der Waals surface area contributed by atoms with Gasteiger partial charge in [-0.2, -0.15) is 0 Å². The standard InChI is InChI=1S/C19H23NO/c1-14(2)12-16-10-11-20(17-8-6-5-7-9-17)19(21)18(16)13-15(3)4/h5-11,16,18H,1,3,12-13H2,2,4H3/t16-,18-/m1/s1. The maximum absolute atomic E-state index is 12.9. The highest BCUT2D eigenvalue weighted by Crippen LogP contribution is 2.33. The van der Waals surface area contributed by atoms with Crippen molar-refractivity contribution in [2.45, 2.75) is 26.7 Å². The molecule has 0 unspecified atom stereocenters. The average Bonchev–Trinajstić information content (AvgIpc) is 2.43. The van der Waals surface area contributed by atoms with Crippen LogP contribution >= 0.6 is 0 Å². The predicted octanol–water partition coefficient (Wildman–Crippen LogP) is 4.71. The van der Waals surface area contributed by atoms with Crippen molar-refractivity contribution >= 4 is 11.6 Å². The monoisotopic (exact) mass is 281 g/mol. The van der Waals surface area contributed by atoms with Crippen molar-refractivity contribution in [3.8, 4) is 0 Å². The van der Waals surface area contributed by atoms with Crippen molar-refractivity contribution in [2.24, 2.45) is 11.8 Å². The molecule has 1 aliphatic heterocycles. The smallest absolute Gasteiger partial charge is 0.235 e. The third-order valence-corrected chi connectivity index (χ3v) is 3.74. The molecule has 1 heterocycles. The van der Waals surface area contributed by atoms with E-state index in [4.69, 9.17) is 0 Å². The molecular formula is C19H23NO. The minimum absolute atomic E-state index is 0.0515. The molecule has 0 saturated heterocycles. The fourth-order valence-electron chi connectivity index (χ4n) is 2.79. The van der Waals surface area contributed by atoms with E-state index in [2.05, 4.69) is 19.2 Å². The van der Waals surface area contributed by atoms with Gasteiger partial charge in [0, 0.05) is 17.8 Å². The molecule has 21 heavy (non-hydrogen) atoms. The number of hydrogen-bond donors (Lipinski definition) is 0. The van der Waals surface area contributed by atoms with Crippen LogP contribution < -0.4 is 4.90 Å². The van der Waals surface area contributed by atoms with Crippen LogP contribution in [0, 0.1) is 11.8 Å². The molecule has 0 N–H and O–H groups in total. The zero-order chi connectivity index (χ0) is 15.4. The molecule has 0 aromatic heterocycles. The number of anilines is 1. The molecule has 0 aliphatic carbocycles. The summed E-state index contributed by atoms with van der Waals surface area (Å²) >= 11 is 0. The molecule has 110 valence electrons. The number of hydrogen-bond acceptors (Lipinski definition) is 1. The number of carbonyl (C=O) groups excluding carboxylic acids is 1. The van der Waals surface area contributed by atoms with Gasteiger partial charge >= 0.3 is 0 Å². The van der Waals surface area contributed by atoms with Gasteiger partial charge in [-0.05, 0) is 44.7 Å². The second-order valence-corrected chi connectivity index (χ2v) is 5.98. The lowest BCUT2D eigenvalue weighted by Crippen LogP contribution is -2.39. The normalized spacial score (nSPS) is 21.4. The van der Waals surface area contributed by atoms with E-state index in [-0.39, 0.29) is 17.7 Å². The third kappa shape index (κ3) is 3.72. The number of amides is 1. The van der Waals surface area contributed by atoms with Crippen molar-refractivity contribution in [1.29, 1.82) is 0 Å². The molecule has 2 rings (SSSR count). The summed E-state index contributed by atoms with van der Waals surface area (Å²) in [6, 6.07) is 9.77. The van der Waals surface area contributed by atoms with Gasteiger partial charge in [0.05, 0.1) is 0 Å². The van der Waals surface area contributed by atoms with Gasteiger partial charge in [-0.3, -0.25) is 9.69 Å². The van der Waals surface area contributed by atoms with E-state index in [1.165, 1.54) is 0 Å². The summed E-state index contributed by atoms with van der Waals surface area (Å²) in [6.45, 7) is 12.0. The van der Waals surface area contributed by atoms with E-state index in [0.29, 0.717) is 0 Å². The molecule has 1 aromatic carbocycles. The first-order chi connectivity index (χ1) is 9.99. The molecule has 0 fully saturated rings. The van der Waals surface area contributed by atoms with Crippen LogP contribution in [-0.2, 0) is 4.79 Å². The first-order valence-corrected chi connectivity index (χ1v) is 7.34. The number of rotatable bonds is 5. The summed E-state index contributed by atoms with van der Waals surface area (Å²) in [7, 11) is 0. The molecule has 0 bridgehead atoms. The van der Waals surface area contributed by atoms with Crippen LogP contribution in [-0.4, -0.2) is 5.91 Å². The van der Waals surface area contributed by atoms with Gasteiger partial charge in [-0.1, -0.05) is 35.4 Å². The highest BCUT2D eigenvalue weighted by atomic mass is 16.2. The lowest BCUT2D eigenvalue weighted by molar-refractivity contribution is -0.123. The van der Waals surface area contributed by atoms with E-state index >= 15 is 0 Å². The average molecular weight is 281 g/mol. The number of para-hydroxylation sites is 1. The molecule has 1 aromatic rings. The van der Waals surface area contributed by atoms with E-state index in [1.807, 2.05) is 50.4 Å². The Hall–Kier alpha value is -2.09. The van der Waals surface area contributed by atoms with E-state index < -0.39 is 0 Å². The zero-order valence-corrected chi connectivity index (χ0v) is 12.9. The van der Waals surface area contributed by atoms with Crippen molar-refractivity contribution < 1.29 is 4.79 Å². The van der Waals surface area contributed by atoms with Crippen LogP contribution in [0.25, 0.3) is 0 Å². The van der Waals surface area contributed by atoms with Crippen LogP contribution in [0.1, 0.15) is 26.7 Å². The van der Waals surface area contributed by atoms with Crippen LogP contribution in [0.5, 0.6) is 0 Å². The zero-order valence-electron chi connectivity index (χ0n) is 12.9. The van der Waals surface area contributed by atoms with Crippen LogP contribution in [0.2, 0.25) is 0 Å². The summed E-state index contributed by atoms with van der Waals surface area (Å²) in [5, 5.41) is 0. The van der Waals surface area contributed by atoms with E-state index in [0.717, 1.165) is 29.7 Å². The summed E-state index contributed by atoms with van der Waals surface area (Å²) in [5.41, 5.74) is 3.07. The van der Waals surface area contributed by atoms with Crippen LogP contribution in [0.15, 0.2) is 66.9 Å². The van der Waals surface area contributed by atoms with Gasteiger partial charge in [0.1, 0.15) is 0 Å². The highest BCUT2D eigenvalue weighted by Gasteiger charge is 2.33. The molecule has 0 radical (unpaired) electrons. The lowest BCUT2D eigenvalue weighted by Gasteiger charge is -2.33. The van der Waals surface area contributed by atoms with Gasteiger partial charge in [0.15, 0.2) is 0 Å². The maximum atomic E-state index is 12.9. The Morgan fingerprint density at radius 2 is 1.71 bits per heavy atom. The first-order valence-electron chi connectivity index (χ1n) is 7.34. The van der Waals surface area contributed by atoms with Crippen LogP contribution in [0.4, 0.5) is 5.69 Å². The van der Waals surface area contributed by atoms with Crippen molar-refractivity contribution in [3.63, 3.8) is 0 Å². The minimum Gasteiger partial charge on any atom is -0.288 e. The Morgan fingerprint density at radius 3 is 2.29 bits per heavy atom. The molecule has 0 saturated carbocycles. The van der Waals surface area contributed by atoms with Gasteiger partial charge in [-0.15, -0.1) is 13.2 Å². The number of allylic oxidation sites excluding steroid dienone is 3. The third-order valence-electron chi connectivity index (χ3n) is 3.74. The van der Waals surface area contributed by atoms with Crippen molar-refractivity contribution in [1.82, 2.24) is 0 Å². The summed E-state index contributed by atoms with van der Waals surface area (Å²) in [4.78, 5) is 14.6. The van der Waals surface area contributed by atoms with E-state index in [9.17, 15) is 4.79 Å². The largest absolute Gasteiger partial charge is 0.288 e. The quantitative estimate of drug-likeness (QED) is 0.716. The van der Waals surface area contributed by atoms with Gasteiger partial charge in [-0.25, -0.2) is 0 Å². The lowest BCUT2D eigenvalue weighted by atomic mass is 9.80. The SMILES string of the molecule is C=C(C)C[C@H]1C=CN(c2ccccc2)C(=O)[C@@H]1CC(=C)C. The number of benzene rings is 1. The topological polar surface area (TPSA) is 20.3 Å². The number of carbonyl (C=O) groups is 1. The van der Waals surface area contributed by atoms with Gasteiger partial charge in [0.25, 0.3) is 0 Å². The predicted molar refractivity (Wildman–Crippen MR) is 88.9 cm³/mol. The van der Waals surface area contributed by atoms with Gasteiger partial charge < -0.3 is 0 Å². The van der Waals surface area contributed by atoms with Crippen LogP contribution in [0.3, 0.4) is 0 Å². The molecular weight excluding hydrogens is 258 g/mol. The molecule has 2 nitrogen and oxygen atoms in total. The summed E-state index contributed by atoms with van der Waals surface area (Å²) < 4.78 is 0. The minimum atomic E-state index is -0.0515. The molecule has 1 aliphatic rings. The first kappa shape index (κ1) is 15.3. The van der Waals surface area contributed by atoms with Crippen molar-refractivity contribution in [3.05, 3.63) is 66.9 Å². The molecule has 1 amide bonds. The Bertz CT molecular complexity index is 570. The van der Waals surface area contributed by atoms with Crippen molar-refractivity contribution in [2.75, 3.05) is 4.90 Å². The summed E-state index contributed by atoms with van der Waals surface area (Å²) in [5.74, 6) is 0.314.